The molecule has 3 fully saturated rings. The van der Waals surface area contributed by atoms with Crippen LogP contribution >= 0.6 is 0 Å². The average Bonchev–Trinajstić information content (AvgIpc) is 3.34. The summed E-state index contributed by atoms with van der Waals surface area (Å²) in [6.45, 7) is 8.88. The Kier molecular flexibility index (Phi) is 10.2. The van der Waals surface area contributed by atoms with Crippen LogP contribution in [0.3, 0.4) is 0 Å². The van der Waals surface area contributed by atoms with Gasteiger partial charge in [0.25, 0.3) is 0 Å². The normalized spacial score (nSPS) is 31.0. The topological polar surface area (TPSA) is 174 Å². The smallest absolute Gasteiger partial charge is 0.338 e. The van der Waals surface area contributed by atoms with E-state index >= 15 is 0 Å². The summed E-state index contributed by atoms with van der Waals surface area (Å²) in [6, 6.07) is 2.27. The predicted molar refractivity (Wildman–Crippen MR) is 178 cm³/mol. The van der Waals surface area contributed by atoms with Crippen LogP contribution in [0.5, 0.6) is 0 Å². The lowest BCUT2D eigenvalue weighted by molar-refractivity contribution is -0.155. The number of ketones is 1. The fourth-order valence-corrected chi connectivity index (χ4v) is 8.82. The highest BCUT2D eigenvalue weighted by molar-refractivity contribution is 6.01. The lowest BCUT2D eigenvalue weighted by atomic mass is 9.47. The number of halogens is 1. The fourth-order valence-electron chi connectivity index (χ4n) is 8.82. The van der Waals surface area contributed by atoms with E-state index in [0.29, 0.717) is 12.8 Å². The van der Waals surface area contributed by atoms with Gasteiger partial charge in [-0.3, -0.25) is 19.2 Å². The zero-order valence-electron chi connectivity index (χ0n) is 28.8. The number of benzene rings is 1. The van der Waals surface area contributed by atoms with Crippen molar-refractivity contribution in [2.75, 3.05) is 11.9 Å². The number of esters is 2. The van der Waals surface area contributed by atoms with Gasteiger partial charge in [0.1, 0.15) is 23.6 Å². The van der Waals surface area contributed by atoms with Crippen LogP contribution in [0, 0.1) is 34.4 Å². The lowest BCUT2D eigenvalue weighted by Gasteiger charge is -2.58. The lowest BCUT2D eigenvalue weighted by Crippen LogP contribution is -2.56. The van der Waals surface area contributed by atoms with Gasteiger partial charge in [0.05, 0.1) is 23.9 Å². The Morgan fingerprint density at radius 3 is 2.57 bits per heavy atom. The van der Waals surface area contributed by atoms with Gasteiger partial charge in [0.15, 0.2) is 5.78 Å². The van der Waals surface area contributed by atoms with Gasteiger partial charge in [0, 0.05) is 23.2 Å². The number of fused-ring (bicyclic) bond motifs is 5. The standard InChI is InChI=1S/C37H48FN3O8/c1-35(2,3)49-31(45)13-11-26(40-30(44)19-39)33(46)41-27-16-20(6-10-25(27)38)34(47)48-29-12-9-24-23-8-7-21-17-22(42)14-15-36(21,4)32(23)28(43)18-37(24,29)5/h6,10,14-17,23-24,26,28-29,32,43H,7-9,11-13,18-19,39H2,1-5H3,(H,40,44)(H,41,46)/t23?,24?,26-,28?,29?,32?,36?,37?/m0/s1. The Balaban J connectivity index is 1.27. The van der Waals surface area contributed by atoms with Gasteiger partial charge in [-0.05, 0) is 101 Å². The van der Waals surface area contributed by atoms with E-state index in [2.05, 4.69) is 24.5 Å². The molecule has 266 valence electrons. The molecule has 8 atom stereocenters. The number of anilines is 1. The number of allylic oxidation sites excluding steroid dienone is 4. The molecule has 4 aliphatic rings. The summed E-state index contributed by atoms with van der Waals surface area (Å²) in [5.41, 5.74) is 4.57. The Morgan fingerprint density at radius 2 is 1.88 bits per heavy atom. The van der Waals surface area contributed by atoms with E-state index < -0.39 is 70.8 Å². The second kappa shape index (κ2) is 13.8. The molecule has 0 radical (unpaired) electrons. The van der Waals surface area contributed by atoms with Gasteiger partial charge in [-0.15, -0.1) is 0 Å². The number of amides is 2. The molecule has 0 spiro atoms. The molecule has 12 heteroatoms. The molecule has 1 aromatic rings. The highest BCUT2D eigenvalue weighted by atomic mass is 19.1. The molecule has 49 heavy (non-hydrogen) atoms. The maximum Gasteiger partial charge on any atom is 0.338 e. The summed E-state index contributed by atoms with van der Waals surface area (Å²) in [5, 5.41) is 16.5. The van der Waals surface area contributed by atoms with Crippen molar-refractivity contribution in [3.63, 3.8) is 0 Å². The van der Waals surface area contributed by atoms with Crippen molar-refractivity contribution in [2.45, 2.75) is 103 Å². The highest BCUT2D eigenvalue weighted by Crippen LogP contribution is 2.65. The largest absolute Gasteiger partial charge is 0.460 e. The molecule has 0 heterocycles. The van der Waals surface area contributed by atoms with E-state index in [0.717, 1.165) is 30.9 Å². The average molecular weight is 682 g/mol. The van der Waals surface area contributed by atoms with E-state index in [4.69, 9.17) is 15.2 Å². The first-order chi connectivity index (χ1) is 22.9. The number of aliphatic hydroxyl groups is 1. The van der Waals surface area contributed by atoms with Gasteiger partial charge in [-0.1, -0.05) is 25.5 Å². The molecule has 7 unspecified atom stereocenters. The molecule has 5 N–H and O–H groups in total. The van der Waals surface area contributed by atoms with Crippen molar-refractivity contribution < 1.29 is 42.9 Å². The first-order valence-electron chi connectivity index (χ1n) is 17.1. The predicted octanol–water partition coefficient (Wildman–Crippen LogP) is 4.13. The van der Waals surface area contributed by atoms with Crippen molar-refractivity contribution in [3.05, 3.63) is 53.4 Å². The van der Waals surface area contributed by atoms with Crippen LogP contribution in [-0.4, -0.2) is 65.0 Å². The molecule has 0 bridgehead atoms. The van der Waals surface area contributed by atoms with Gasteiger partial charge in [0.2, 0.25) is 11.8 Å². The monoisotopic (exact) mass is 681 g/mol. The molecular formula is C37H48FN3O8. The van der Waals surface area contributed by atoms with E-state index in [9.17, 15) is 33.5 Å². The maximum absolute atomic E-state index is 14.9. The molecule has 11 nitrogen and oxygen atoms in total. The van der Waals surface area contributed by atoms with Crippen LogP contribution in [0.15, 0.2) is 42.0 Å². The van der Waals surface area contributed by atoms with Crippen LogP contribution in [0.4, 0.5) is 10.1 Å². The minimum Gasteiger partial charge on any atom is -0.460 e. The third kappa shape index (κ3) is 7.50. The SMILES string of the molecule is CC(C)(C)OC(=O)CC[C@H](NC(=O)CN)C(=O)Nc1cc(C(=O)OC2CCC3C4CCC5=CC(=O)C=CC5(C)C4C(O)CC23C)ccc1F. The zero-order valence-corrected chi connectivity index (χ0v) is 28.8. The Morgan fingerprint density at radius 1 is 1.14 bits per heavy atom. The summed E-state index contributed by atoms with van der Waals surface area (Å²) in [6.07, 6.45) is 7.30. The van der Waals surface area contributed by atoms with Crippen LogP contribution in [0.25, 0.3) is 0 Å². The maximum atomic E-state index is 14.9. The number of carbonyl (C=O) groups is 5. The summed E-state index contributed by atoms with van der Waals surface area (Å²) < 4.78 is 26.3. The number of hydrogen-bond donors (Lipinski definition) is 4. The first kappa shape index (κ1) is 36.4. The number of nitrogens with one attached hydrogen (secondary N) is 2. The number of rotatable bonds is 9. The van der Waals surface area contributed by atoms with Gasteiger partial charge in [-0.25, -0.2) is 9.18 Å². The first-order valence-corrected chi connectivity index (χ1v) is 17.1. The zero-order chi connectivity index (χ0) is 35.9. The van der Waals surface area contributed by atoms with Crippen LogP contribution in [-0.2, 0) is 28.7 Å². The number of carbonyl (C=O) groups excluding carboxylic acids is 5. The molecule has 4 aliphatic carbocycles. The third-order valence-corrected chi connectivity index (χ3v) is 11.0. The molecule has 2 amide bonds. The molecule has 1 aromatic carbocycles. The van der Waals surface area contributed by atoms with Crippen LogP contribution in [0.1, 0.15) is 89.9 Å². The van der Waals surface area contributed by atoms with Crippen molar-refractivity contribution in [1.29, 1.82) is 0 Å². The molecular weight excluding hydrogens is 633 g/mol. The van der Waals surface area contributed by atoms with Crippen molar-refractivity contribution in [3.8, 4) is 0 Å². The molecule has 0 aromatic heterocycles. The fraction of sp³-hybridized carbons (Fsp3) is 0.595. The van der Waals surface area contributed by atoms with E-state index in [1.54, 1.807) is 32.9 Å². The number of ether oxygens (including phenoxy) is 2. The van der Waals surface area contributed by atoms with Crippen molar-refractivity contribution in [1.82, 2.24) is 5.32 Å². The molecule has 0 aliphatic heterocycles. The quantitative estimate of drug-likeness (QED) is 0.280. The summed E-state index contributed by atoms with van der Waals surface area (Å²) in [4.78, 5) is 63.1. The number of aliphatic hydroxyl groups excluding tert-OH is 1. The van der Waals surface area contributed by atoms with E-state index in [1.165, 1.54) is 12.1 Å². The Hall–Kier alpha value is -3.90. The molecule has 3 saturated carbocycles. The summed E-state index contributed by atoms with van der Waals surface area (Å²) in [5.74, 6) is -3.20. The van der Waals surface area contributed by atoms with Gasteiger partial charge < -0.3 is 30.9 Å². The second-order valence-electron chi connectivity index (χ2n) is 15.4. The summed E-state index contributed by atoms with van der Waals surface area (Å²) in [7, 11) is 0. The minimum absolute atomic E-state index is 0.0196. The molecule has 5 rings (SSSR count). The molecule has 0 saturated heterocycles. The van der Waals surface area contributed by atoms with Gasteiger partial charge in [-0.2, -0.15) is 0 Å². The third-order valence-electron chi connectivity index (χ3n) is 11.0. The summed E-state index contributed by atoms with van der Waals surface area (Å²) >= 11 is 0. The van der Waals surface area contributed by atoms with Crippen molar-refractivity contribution >= 4 is 35.2 Å². The van der Waals surface area contributed by atoms with E-state index in [1.807, 2.05) is 6.08 Å². The van der Waals surface area contributed by atoms with Gasteiger partial charge >= 0.3 is 11.9 Å². The van der Waals surface area contributed by atoms with E-state index in [-0.39, 0.29) is 47.6 Å². The van der Waals surface area contributed by atoms with Crippen molar-refractivity contribution in [2.24, 2.45) is 34.3 Å². The highest BCUT2D eigenvalue weighted by Gasteiger charge is 2.62. The minimum atomic E-state index is -1.23. The number of hydrogen-bond acceptors (Lipinski definition) is 9. The Bertz CT molecular complexity index is 1580. The Labute approximate surface area is 286 Å². The van der Waals surface area contributed by atoms with Crippen LogP contribution in [0.2, 0.25) is 0 Å². The number of nitrogens with two attached hydrogens (primary N) is 1. The second-order valence-corrected chi connectivity index (χ2v) is 15.4. The van der Waals surface area contributed by atoms with Crippen LogP contribution < -0.4 is 16.4 Å².